The predicted molar refractivity (Wildman–Crippen MR) is 159 cm³/mol. The summed E-state index contributed by atoms with van der Waals surface area (Å²) in [4.78, 5) is 0. The summed E-state index contributed by atoms with van der Waals surface area (Å²) in [6.45, 7) is 18.7. The molecule has 0 saturated carbocycles. The molecule has 5 rings (SSSR count). The summed E-state index contributed by atoms with van der Waals surface area (Å²) in [7, 11) is 0. The topological polar surface area (TPSA) is 0 Å². The Kier molecular flexibility index (Phi) is 14.6. The van der Waals surface area contributed by atoms with Gasteiger partial charge < -0.3 is 24.8 Å². The molecule has 1 atom stereocenters. The first kappa shape index (κ1) is 35.0. The van der Waals surface area contributed by atoms with Gasteiger partial charge in [-0.05, 0) is 12.0 Å². The van der Waals surface area contributed by atoms with Gasteiger partial charge in [-0.25, -0.2) is 6.08 Å². The number of fused-ring (bicyclic) bond motifs is 3. The van der Waals surface area contributed by atoms with E-state index >= 15 is 0 Å². The third-order valence-corrected chi connectivity index (χ3v) is 7.37. The van der Waals surface area contributed by atoms with Gasteiger partial charge in [0.1, 0.15) is 0 Å². The molecule has 0 amide bonds. The third kappa shape index (κ3) is 9.82. The smallest absolute Gasteiger partial charge is 1.00 e. The van der Waals surface area contributed by atoms with Crippen molar-refractivity contribution in [1.82, 2.24) is 0 Å². The van der Waals surface area contributed by atoms with E-state index in [-0.39, 0.29) is 24.8 Å². The first-order valence-corrected chi connectivity index (χ1v) is 14.2. The molecule has 0 radical (unpaired) electrons. The Morgan fingerprint density at radius 3 is 2.10 bits per heavy atom. The van der Waals surface area contributed by atoms with Crippen LogP contribution in [0, 0.1) is 23.5 Å². The van der Waals surface area contributed by atoms with Gasteiger partial charge >= 0.3 is 70.3 Å². The number of hydrogen-bond acceptors (Lipinski definition) is 0. The van der Waals surface area contributed by atoms with E-state index in [4.69, 9.17) is 0 Å². The van der Waals surface area contributed by atoms with Gasteiger partial charge in [0.15, 0.2) is 0 Å². The average Bonchev–Trinajstić information content (AvgIpc) is 3.54. The molecule has 0 heterocycles. The predicted octanol–water partition coefficient (Wildman–Crippen LogP) is 3.48. The molecule has 0 saturated heterocycles. The van der Waals surface area contributed by atoms with Gasteiger partial charge in [-0.1, -0.05) is 87.4 Å². The zero-order chi connectivity index (χ0) is 27.0. The van der Waals surface area contributed by atoms with E-state index < -0.39 is 0 Å². The normalized spacial score (nSPS) is 14.0. The molecule has 0 bridgehead atoms. The van der Waals surface area contributed by atoms with Crippen molar-refractivity contribution < 1.29 is 49.0 Å². The van der Waals surface area contributed by atoms with Crippen LogP contribution in [0.3, 0.4) is 0 Å². The molecule has 2 aliphatic rings. The molecule has 3 aromatic rings. The number of rotatable bonds is 4. The van der Waals surface area contributed by atoms with Gasteiger partial charge in [-0.3, -0.25) is 6.08 Å². The fraction of sp³-hybridized carbons (Fsp3) is 0.250. The molecular formula is C36H38Cl2Zr-2. The fourth-order valence-electron chi connectivity index (χ4n) is 4.26. The van der Waals surface area contributed by atoms with E-state index in [0.29, 0.717) is 11.3 Å². The van der Waals surface area contributed by atoms with E-state index in [1.807, 2.05) is 24.3 Å². The summed E-state index contributed by atoms with van der Waals surface area (Å²) in [5.74, 6) is 0.573. The van der Waals surface area contributed by atoms with E-state index in [1.54, 1.807) is 0 Å². The van der Waals surface area contributed by atoms with Gasteiger partial charge in [0, 0.05) is 0 Å². The molecule has 3 heteroatoms. The van der Waals surface area contributed by atoms with Crippen molar-refractivity contribution in [2.24, 2.45) is 11.3 Å². The third-order valence-electron chi connectivity index (χ3n) is 6.66. The summed E-state index contributed by atoms with van der Waals surface area (Å²) in [6.07, 6.45) is 13.7. The maximum Gasteiger partial charge on any atom is -1.00 e. The van der Waals surface area contributed by atoms with E-state index in [9.17, 15) is 0 Å². The first-order chi connectivity index (χ1) is 17.7. The van der Waals surface area contributed by atoms with E-state index in [1.165, 1.54) is 72.8 Å². The fourth-order valence-corrected chi connectivity index (χ4v) is 4.67. The molecule has 0 spiro atoms. The van der Waals surface area contributed by atoms with Gasteiger partial charge in [-0.2, -0.15) is 35.4 Å². The maximum absolute atomic E-state index is 3.82. The Morgan fingerprint density at radius 1 is 0.974 bits per heavy atom. The minimum Gasteiger partial charge on any atom is -1.00 e. The second-order valence-electron chi connectivity index (χ2n) is 10.5. The van der Waals surface area contributed by atoms with Crippen molar-refractivity contribution in [2.75, 3.05) is 0 Å². The summed E-state index contributed by atoms with van der Waals surface area (Å²) in [6, 6.07) is 24.5. The molecule has 0 aromatic heterocycles. The number of halogens is 2. The summed E-state index contributed by atoms with van der Waals surface area (Å²) in [5, 5.41) is 0. The molecule has 0 N–H and O–H groups in total. The van der Waals surface area contributed by atoms with Gasteiger partial charge in [-0.15, -0.1) is 23.8 Å². The number of hydrogen-bond donors (Lipinski definition) is 0. The Balaban J connectivity index is 0.000000304. The largest absolute Gasteiger partial charge is 1.00 e. The Labute approximate surface area is 264 Å². The summed E-state index contributed by atoms with van der Waals surface area (Å²) < 4.78 is 1.46. The van der Waals surface area contributed by atoms with Crippen molar-refractivity contribution in [3.8, 4) is 11.1 Å². The van der Waals surface area contributed by atoms with Crippen molar-refractivity contribution in [2.45, 2.75) is 47.5 Å². The second kappa shape index (κ2) is 16.3. The molecule has 0 fully saturated rings. The van der Waals surface area contributed by atoms with Crippen molar-refractivity contribution in [3.63, 3.8) is 0 Å². The maximum atomic E-state index is 3.82. The molecule has 0 aliphatic heterocycles. The molecule has 3 aromatic carbocycles. The molecule has 0 nitrogen and oxygen atoms in total. The zero-order valence-corrected chi connectivity index (χ0v) is 27.7. The summed E-state index contributed by atoms with van der Waals surface area (Å²) >= 11 is 1.51. The quantitative estimate of drug-likeness (QED) is 0.303. The standard InChI is InChI=1S/C17H13.C11H17.C8H8.2ClH.Zr/c1-3-12-5-7-14-11-15-8-6-13(4-2)10-17(15)16(14)9-12;1-5-9-6-7-10(8-9)11(2,3)4;1-2-8-6-4-3-5-7-8;;;/h3-7,9-10H,1-2,11H2;7-9H,5H2,1-4H3;3-7H,1H3;2*1H;/q2*-1;;;;+2/p-2. The van der Waals surface area contributed by atoms with E-state index in [0.717, 1.165) is 12.0 Å². The van der Waals surface area contributed by atoms with Crippen molar-refractivity contribution in [3.05, 3.63) is 132 Å². The molecule has 2 aliphatic carbocycles. The zero-order valence-electron chi connectivity index (χ0n) is 23.7. The van der Waals surface area contributed by atoms with Crippen LogP contribution in [0.2, 0.25) is 0 Å². The Morgan fingerprint density at radius 2 is 1.62 bits per heavy atom. The summed E-state index contributed by atoms with van der Waals surface area (Å²) in [5.41, 5.74) is 10.7. The van der Waals surface area contributed by atoms with Crippen LogP contribution in [0.5, 0.6) is 0 Å². The van der Waals surface area contributed by atoms with Crippen LogP contribution in [0.15, 0.2) is 91.5 Å². The van der Waals surface area contributed by atoms with Crippen LogP contribution in [0.25, 0.3) is 23.3 Å². The average molecular weight is 633 g/mol. The molecule has 39 heavy (non-hydrogen) atoms. The van der Waals surface area contributed by atoms with Crippen LogP contribution < -0.4 is 24.8 Å². The van der Waals surface area contributed by atoms with Crippen LogP contribution in [-0.4, -0.2) is 3.21 Å². The van der Waals surface area contributed by atoms with Gasteiger partial charge in [0.2, 0.25) is 0 Å². The monoisotopic (exact) mass is 630 g/mol. The van der Waals surface area contributed by atoms with Crippen molar-refractivity contribution >= 4 is 15.4 Å². The SMILES string of the molecule is C=Cc1c[c-]c2c(c1)-c1cc(C=C)ccc1C2.CCC1[C-]=CC(C(C)(C)C)=C1.C[C](=[Zr+2])c1ccccc1.[Cl-].[Cl-]. The van der Waals surface area contributed by atoms with Crippen LogP contribution in [0.1, 0.15) is 68.9 Å². The minimum absolute atomic E-state index is 0. The van der Waals surface area contributed by atoms with E-state index in [2.05, 4.69) is 121 Å². The van der Waals surface area contributed by atoms with Gasteiger partial charge in [0.25, 0.3) is 0 Å². The second-order valence-corrected chi connectivity index (χ2v) is 12.4. The first-order valence-electron chi connectivity index (χ1n) is 13.0. The van der Waals surface area contributed by atoms with Crippen molar-refractivity contribution in [1.29, 1.82) is 0 Å². The number of allylic oxidation sites excluding steroid dienone is 4. The Hall–Kier alpha value is -2.05. The van der Waals surface area contributed by atoms with Gasteiger partial charge in [0.05, 0.1) is 0 Å². The molecule has 202 valence electrons. The minimum atomic E-state index is 0. The van der Waals surface area contributed by atoms with Crippen LogP contribution >= 0.6 is 0 Å². The number of benzene rings is 3. The molecule has 1 unspecified atom stereocenters. The Bertz CT molecular complexity index is 1270. The molecular weight excluding hydrogens is 595 g/mol. The van der Waals surface area contributed by atoms with Crippen LogP contribution in [0.4, 0.5) is 0 Å². The van der Waals surface area contributed by atoms with Crippen LogP contribution in [-0.2, 0) is 30.7 Å².